The van der Waals surface area contributed by atoms with Gasteiger partial charge in [0.2, 0.25) is 0 Å². The van der Waals surface area contributed by atoms with Gasteiger partial charge in [-0.2, -0.15) is 0 Å². The van der Waals surface area contributed by atoms with Gasteiger partial charge in [0, 0.05) is 13.1 Å². The Morgan fingerprint density at radius 2 is 2.20 bits per heavy atom. The Kier molecular flexibility index (Phi) is 4.94. The van der Waals surface area contributed by atoms with Crippen LogP contribution in [0, 0.1) is 0 Å². The molecule has 60 valence electrons. The average Bonchev–Trinajstić information content (AvgIpc) is 1.87. The SMILES string of the molecule is CCN=C(NCC)C(C)O. The van der Waals surface area contributed by atoms with Gasteiger partial charge in [0.05, 0.1) is 0 Å². The van der Waals surface area contributed by atoms with Crippen LogP contribution in [-0.2, 0) is 0 Å². The highest BCUT2D eigenvalue weighted by atomic mass is 16.3. The molecule has 0 aromatic heterocycles. The maximum absolute atomic E-state index is 9.08. The number of nitrogens with zero attached hydrogens (tertiary/aromatic N) is 1. The zero-order chi connectivity index (χ0) is 7.98. The van der Waals surface area contributed by atoms with Crippen molar-refractivity contribution in [3.8, 4) is 0 Å². The summed E-state index contributed by atoms with van der Waals surface area (Å²) in [6, 6.07) is 0. The number of hydrogen-bond acceptors (Lipinski definition) is 2. The molecule has 0 spiro atoms. The van der Waals surface area contributed by atoms with Crippen LogP contribution < -0.4 is 5.32 Å². The van der Waals surface area contributed by atoms with E-state index in [1.165, 1.54) is 0 Å². The third-order valence-corrected chi connectivity index (χ3v) is 1.08. The van der Waals surface area contributed by atoms with Crippen LogP contribution in [0.1, 0.15) is 20.8 Å². The predicted molar refractivity (Wildman–Crippen MR) is 43.3 cm³/mol. The lowest BCUT2D eigenvalue weighted by Gasteiger charge is -2.09. The first-order chi connectivity index (χ1) is 4.72. The van der Waals surface area contributed by atoms with Gasteiger partial charge in [0.15, 0.2) is 0 Å². The van der Waals surface area contributed by atoms with E-state index >= 15 is 0 Å². The molecule has 1 unspecified atom stereocenters. The van der Waals surface area contributed by atoms with Gasteiger partial charge < -0.3 is 10.4 Å². The second-order valence-corrected chi connectivity index (χ2v) is 2.07. The Balaban J connectivity index is 3.85. The normalized spacial score (nSPS) is 15.0. The predicted octanol–water partition coefficient (Wildman–Crippen LogP) is 0.395. The van der Waals surface area contributed by atoms with Gasteiger partial charge >= 0.3 is 0 Å². The highest BCUT2D eigenvalue weighted by Crippen LogP contribution is 1.83. The summed E-state index contributed by atoms with van der Waals surface area (Å²) in [5.41, 5.74) is 0. The highest BCUT2D eigenvalue weighted by Gasteiger charge is 2.02. The summed E-state index contributed by atoms with van der Waals surface area (Å²) in [4.78, 5) is 4.07. The monoisotopic (exact) mass is 144 g/mol. The molecule has 0 amide bonds. The van der Waals surface area contributed by atoms with Crippen LogP contribution in [0.3, 0.4) is 0 Å². The maximum Gasteiger partial charge on any atom is 0.125 e. The number of aliphatic hydroxyl groups excluding tert-OH is 1. The average molecular weight is 144 g/mol. The molecule has 0 bridgehead atoms. The molecule has 0 aliphatic rings. The Morgan fingerprint density at radius 1 is 1.60 bits per heavy atom. The fraction of sp³-hybridized carbons (Fsp3) is 0.857. The first kappa shape index (κ1) is 9.43. The minimum Gasteiger partial charge on any atom is -0.386 e. The molecule has 0 aliphatic heterocycles. The van der Waals surface area contributed by atoms with Gasteiger partial charge in [-0.05, 0) is 20.8 Å². The van der Waals surface area contributed by atoms with E-state index in [1.54, 1.807) is 6.92 Å². The molecule has 0 rings (SSSR count). The standard InChI is InChI=1S/C7H16N2O/c1-4-8-7(6(3)10)9-5-2/h6,10H,4-5H2,1-3H3,(H,8,9). The minimum atomic E-state index is -0.472. The summed E-state index contributed by atoms with van der Waals surface area (Å²) in [6.45, 7) is 7.15. The molecule has 0 aromatic rings. The number of hydrogen-bond donors (Lipinski definition) is 2. The van der Waals surface area contributed by atoms with E-state index in [1.807, 2.05) is 13.8 Å². The van der Waals surface area contributed by atoms with E-state index < -0.39 is 6.10 Å². The third kappa shape index (κ3) is 3.45. The molecule has 2 N–H and O–H groups in total. The molecule has 0 aromatic carbocycles. The number of amidine groups is 1. The van der Waals surface area contributed by atoms with Crippen LogP contribution in [0.25, 0.3) is 0 Å². The second-order valence-electron chi connectivity index (χ2n) is 2.07. The molecule has 0 heterocycles. The molecule has 0 aliphatic carbocycles. The zero-order valence-electron chi connectivity index (χ0n) is 6.89. The fourth-order valence-corrected chi connectivity index (χ4v) is 0.687. The first-order valence-electron chi connectivity index (χ1n) is 3.68. The lowest BCUT2D eigenvalue weighted by Crippen LogP contribution is -2.32. The van der Waals surface area contributed by atoms with Crippen molar-refractivity contribution in [3.63, 3.8) is 0 Å². The van der Waals surface area contributed by atoms with Crippen molar-refractivity contribution in [2.75, 3.05) is 13.1 Å². The molecule has 1 atom stereocenters. The number of nitrogens with one attached hydrogen (secondary N) is 1. The van der Waals surface area contributed by atoms with Crippen molar-refractivity contribution in [2.45, 2.75) is 26.9 Å². The van der Waals surface area contributed by atoms with Gasteiger partial charge in [-0.1, -0.05) is 0 Å². The van der Waals surface area contributed by atoms with Crippen molar-refractivity contribution in [1.29, 1.82) is 0 Å². The minimum absolute atomic E-state index is 0.472. The Morgan fingerprint density at radius 3 is 2.50 bits per heavy atom. The molecule has 0 saturated carbocycles. The number of likely N-dealkylation sites (N-methyl/N-ethyl adjacent to an activating group) is 1. The Bertz CT molecular complexity index is 110. The van der Waals surface area contributed by atoms with E-state index in [4.69, 9.17) is 5.11 Å². The van der Waals surface area contributed by atoms with Crippen LogP contribution in [0.4, 0.5) is 0 Å². The topological polar surface area (TPSA) is 44.6 Å². The molecule has 3 heteroatoms. The molecule has 0 radical (unpaired) electrons. The lowest BCUT2D eigenvalue weighted by atomic mass is 10.3. The summed E-state index contributed by atoms with van der Waals surface area (Å²) >= 11 is 0. The zero-order valence-corrected chi connectivity index (χ0v) is 6.89. The first-order valence-corrected chi connectivity index (χ1v) is 3.68. The van der Waals surface area contributed by atoms with Crippen molar-refractivity contribution in [3.05, 3.63) is 0 Å². The van der Waals surface area contributed by atoms with Crippen LogP contribution in [-0.4, -0.2) is 30.1 Å². The fourth-order valence-electron chi connectivity index (χ4n) is 0.687. The van der Waals surface area contributed by atoms with Gasteiger partial charge in [-0.3, -0.25) is 4.99 Å². The van der Waals surface area contributed by atoms with Crippen LogP contribution in [0.5, 0.6) is 0 Å². The highest BCUT2D eigenvalue weighted by molar-refractivity contribution is 5.85. The van der Waals surface area contributed by atoms with Gasteiger partial charge in [-0.15, -0.1) is 0 Å². The quantitative estimate of drug-likeness (QED) is 0.444. The van der Waals surface area contributed by atoms with Gasteiger partial charge in [-0.25, -0.2) is 0 Å². The third-order valence-electron chi connectivity index (χ3n) is 1.08. The van der Waals surface area contributed by atoms with E-state index in [0.717, 1.165) is 6.54 Å². The molecule has 10 heavy (non-hydrogen) atoms. The number of aliphatic imine (C=N–C) groups is 1. The number of rotatable bonds is 3. The van der Waals surface area contributed by atoms with Crippen molar-refractivity contribution in [1.82, 2.24) is 5.32 Å². The van der Waals surface area contributed by atoms with E-state index in [2.05, 4.69) is 10.3 Å². The molecule has 3 nitrogen and oxygen atoms in total. The Hall–Kier alpha value is -0.570. The summed E-state index contributed by atoms with van der Waals surface area (Å²) < 4.78 is 0. The smallest absolute Gasteiger partial charge is 0.125 e. The van der Waals surface area contributed by atoms with E-state index in [-0.39, 0.29) is 0 Å². The van der Waals surface area contributed by atoms with Gasteiger partial charge in [0.25, 0.3) is 0 Å². The lowest BCUT2D eigenvalue weighted by molar-refractivity contribution is 0.257. The summed E-state index contributed by atoms with van der Waals surface area (Å²) in [5.74, 6) is 0.685. The molecule has 0 saturated heterocycles. The van der Waals surface area contributed by atoms with E-state index in [9.17, 15) is 0 Å². The summed E-state index contributed by atoms with van der Waals surface area (Å²) in [7, 11) is 0. The van der Waals surface area contributed by atoms with Gasteiger partial charge in [0.1, 0.15) is 11.9 Å². The Labute approximate surface area is 62.2 Å². The van der Waals surface area contributed by atoms with Crippen LogP contribution in [0.2, 0.25) is 0 Å². The summed E-state index contributed by atoms with van der Waals surface area (Å²) in [5, 5.41) is 12.1. The van der Waals surface area contributed by atoms with Crippen LogP contribution in [0.15, 0.2) is 4.99 Å². The van der Waals surface area contributed by atoms with Crippen molar-refractivity contribution < 1.29 is 5.11 Å². The second kappa shape index (κ2) is 5.23. The van der Waals surface area contributed by atoms with Crippen LogP contribution >= 0.6 is 0 Å². The molecular formula is C7H16N2O. The van der Waals surface area contributed by atoms with E-state index in [0.29, 0.717) is 12.4 Å². The number of aliphatic hydroxyl groups is 1. The largest absolute Gasteiger partial charge is 0.386 e. The maximum atomic E-state index is 9.08. The molecular weight excluding hydrogens is 128 g/mol. The summed E-state index contributed by atoms with van der Waals surface area (Å²) in [6.07, 6.45) is -0.472. The van der Waals surface area contributed by atoms with Crippen molar-refractivity contribution in [2.24, 2.45) is 4.99 Å². The molecule has 0 fully saturated rings. The van der Waals surface area contributed by atoms with Crippen molar-refractivity contribution >= 4 is 5.84 Å².